The molecule has 112 valence electrons. The van der Waals surface area contributed by atoms with E-state index in [1.54, 1.807) is 0 Å². The molecule has 0 bridgehead atoms. The second kappa shape index (κ2) is 6.37. The van der Waals surface area contributed by atoms with Gasteiger partial charge in [-0.1, -0.05) is 27.2 Å². The molecule has 1 atom stereocenters. The lowest BCUT2D eigenvalue weighted by molar-refractivity contribution is -0.133. The molecule has 0 saturated carbocycles. The molecule has 1 aliphatic rings. The highest BCUT2D eigenvalue weighted by atomic mass is 16.2. The Hall–Kier alpha value is -1.39. The number of hydrogen-bond acceptors (Lipinski definition) is 3. The highest BCUT2D eigenvalue weighted by molar-refractivity contribution is 5.80. The van der Waals surface area contributed by atoms with Gasteiger partial charge in [-0.3, -0.25) is 4.79 Å². The Balaban J connectivity index is 2.35. The van der Waals surface area contributed by atoms with Crippen molar-refractivity contribution < 1.29 is 4.79 Å². The van der Waals surface area contributed by atoms with E-state index in [4.69, 9.17) is 0 Å². The minimum atomic E-state index is -0.114. The molecule has 1 aliphatic heterocycles. The van der Waals surface area contributed by atoms with Crippen LogP contribution >= 0.6 is 0 Å². The normalized spacial score (nSPS) is 18.8. The molecule has 0 saturated heterocycles. The molecular formula is C15H26N4O. The topological polar surface area (TPSA) is 51.0 Å². The molecular weight excluding hydrogens is 252 g/mol. The van der Waals surface area contributed by atoms with Gasteiger partial charge < -0.3 is 9.47 Å². The summed E-state index contributed by atoms with van der Waals surface area (Å²) < 4.78 is 2.12. The Bertz CT molecular complexity index is 466. The van der Waals surface area contributed by atoms with Gasteiger partial charge in [0.25, 0.3) is 0 Å². The minimum absolute atomic E-state index is 0.114. The largest absolute Gasteiger partial charge is 0.344 e. The summed E-state index contributed by atoms with van der Waals surface area (Å²) in [6.07, 6.45) is 4.99. The van der Waals surface area contributed by atoms with Crippen LogP contribution in [0, 0.1) is 0 Å². The average Bonchev–Trinajstić information content (AvgIpc) is 2.72. The van der Waals surface area contributed by atoms with Crippen molar-refractivity contribution in [1.29, 1.82) is 0 Å². The number of nitrogens with zero attached hydrogens (tertiary/aromatic N) is 4. The molecule has 20 heavy (non-hydrogen) atoms. The van der Waals surface area contributed by atoms with Crippen LogP contribution in [-0.2, 0) is 11.2 Å². The van der Waals surface area contributed by atoms with Crippen molar-refractivity contribution in [2.45, 2.75) is 64.8 Å². The smallest absolute Gasteiger partial charge is 0.245 e. The second-order valence-corrected chi connectivity index (χ2v) is 6.02. The molecule has 1 aromatic heterocycles. The number of amides is 1. The zero-order chi connectivity index (χ0) is 14.7. The van der Waals surface area contributed by atoms with Gasteiger partial charge in [0.1, 0.15) is 17.7 Å². The van der Waals surface area contributed by atoms with Gasteiger partial charge in [-0.15, -0.1) is 10.2 Å². The first kappa shape index (κ1) is 15.0. The summed E-state index contributed by atoms with van der Waals surface area (Å²) >= 11 is 0. The monoisotopic (exact) mass is 278 g/mol. The predicted octanol–water partition coefficient (Wildman–Crippen LogP) is 2.54. The first-order valence-corrected chi connectivity index (χ1v) is 7.74. The molecule has 0 aromatic carbocycles. The van der Waals surface area contributed by atoms with Gasteiger partial charge >= 0.3 is 0 Å². The highest BCUT2D eigenvalue weighted by Crippen LogP contribution is 2.28. The van der Waals surface area contributed by atoms with E-state index < -0.39 is 0 Å². The van der Waals surface area contributed by atoms with E-state index in [2.05, 4.69) is 35.5 Å². The van der Waals surface area contributed by atoms with Crippen LogP contribution in [0.5, 0.6) is 0 Å². The van der Waals surface area contributed by atoms with E-state index in [-0.39, 0.29) is 11.9 Å². The van der Waals surface area contributed by atoms with Crippen LogP contribution in [-0.4, -0.2) is 39.2 Å². The van der Waals surface area contributed by atoms with E-state index in [0.717, 1.165) is 50.3 Å². The fourth-order valence-electron chi connectivity index (χ4n) is 2.92. The third-order valence-electron chi connectivity index (χ3n) is 3.97. The molecule has 0 fully saturated rings. The summed E-state index contributed by atoms with van der Waals surface area (Å²) in [5.41, 5.74) is 0. The third kappa shape index (κ3) is 2.86. The highest BCUT2D eigenvalue weighted by Gasteiger charge is 2.30. The van der Waals surface area contributed by atoms with Crippen molar-refractivity contribution in [3.05, 3.63) is 11.6 Å². The summed E-state index contributed by atoms with van der Waals surface area (Å²) in [5, 5.41) is 8.64. The van der Waals surface area contributed by atoms with Crippen molar-refractivity contribution in [3.63, 3.8) is 0 Å². The van der Waals surface area contributed by atoms with Crippen LogP contribution in [0.4, 0.5) is 0 Å². The van der Waals surface area contributed by atoms with E-state index in [9.17, 15) is 4.79 Å². The number of hydrogen-bond donors (Lipinski definition) is 0. The van der Waals surface area contributed by atoms with Crippen molar-refractivity contribution >= 4 is 5.91 Å². The number of carbonyl (C=O) groups is 1. The van der Waals surface area contributed by atoms with Gasteiger partial charge in [0.2, 0.25) is 5.91 Å². The quantitative estimate of drug-likeness (QED) is 0.850. The summed E-state index contributed by atoms with van der Waals surface area (Å²) in [4.78, 5) is 14.6. The van der Waals surface area contributed by atoms with Crippen LogP contribution in [0.1, 0.15) is 70.1 Å². The van der Waals surface area contributed by atoms with Crippen LogP contribution in [0.3, 0.4) is 0 Å². The molecule has 2 rings (SSSR count). The Labute approximate surface area is 121 Å². The maximum absolute atomic E-state index is 12.7. The second-order valence-electron chi connectivity index (χ2n) is 6.02. The number of rotatable bonds is 4. The minimum Gasteiger partial charge on any atom is -0.344 e. The zero-order valence-electron chi connectivity index (χ0n) is 13.1. The number of likely N-dealkylation sites (N-methyl/N-ethyl adjacent to an activating group) is 1. The number of aryl methyl sites for hydroxylation is 1. The SMILES string of the molecule is CCCN(C)C(=O)C1CCCCc2nnc(C(C)C)n21. The van der Waals surface area contributed by atoms with Crippen molar-refractivity contribution in [1.82, 2.24) is 19.7 Å². The fourth-order valence-corrected chi connectivity index (χ4v) is 2.92. The van der Waals surface area contributed by atoms with Crippen LogP contribution in [0.25, 0.3) is 0 Å². The lowest BCUT2D eigenvalue weighted by Gasteiger charge is -2.25. The van der Waals surface area contributed by atoms with Crippen LogP contribution < -0.4 is 0 Å². The molecule has 5 nitrogen and oxygen atoms in total. The Morgan fingerprint density at radius 1 is 1.40 bits per heavy atom. The molecule has 0 aliphatic carbocycles. The van der Waals surface area contributed by atoms with Gasteiger partial charge in [0.15, 0.2) is 0 Å². The molecule has 0 N–H and O–H groups in total. The number of fused-ring (bicyclic) bond motifs is 1. The Morgan fingerprint density at radius 3 is 2.80 bits per heavy atom. The van der Waals surface area contributed by atoms with Gasteiger partial charge in [0, 0.05) is 25.9 Å². The van der Waals surface area contributed by atoms with Crippen molar-refractivity contribution in [2.24, 2.45) is 0 Å². The van der Waals surface area contributed by atoms with Crippen molar-refractivity contribution in [2.75, 3.05) is 13.6 Å². The van der Waals surface area contributed by atoms with E-state index in [0.29, 0.717) is 5.92 Å². The molecule has 1 unspecified atom stereocenters. The maximum Gasteiger partial charge on any atom is 0.245 e. The van der Waals surface area contributed by atoms with Gasteiger partial charge in [-0.25, -0.2) is 0 Å². The molecule has 5 heteroatoms. The van der Waals surface area contributed by atoms with E-state index in [1.807, 2.05) is 11.9 Å². The van der Waals surface area contributed by atoms with Gasteiger partial charge in [-0.05, 0) is 19.3 Å². The molecule has 2 heterocycles. The maximum atomic E-state index is 12.7. The molecule has 0 spiro atoms. The summed E-state index contributed by atoms with van der Waals surface area (Å²) in [5.74, 6) is 2.43. The Kier molecular flexibility index (Phi) is 4.78. The van der Waals surface area contributed by atoms with Crippen LogP contribution in [0.2, 0.25) is 0 Å². The van der Waals surface area contributed by atoms with E-state index in [1.165, 1.54) is 0 Å². The summed E-state index contributed by atoms with van der Waals surface area (Å²) in [6, 6.07) is -0.114. The van der Waals surface area contributed by atoms with Gasteiger partial charge in [0.05, 0.1) is 0 Å². The first-order chi connectivity index (χ1) is 9.56. The Morgan fingerprint density at radius 2 is 2.15 bits per heavy atom. The lowest BCUT2D eigenvalue weighted by Crippen LogP contribution is -2.36. The summed E-state index contributed by atoms with van der Waals surface area (Å²) in [6.45, 7) is 7.13. The third-order valence-corrected chi connectivity index (χ3v) is 3.97. The molecule has 1 aromatic rings. The lowest BCUT2D eigenvalue weighted by atomic mass is 10.1. The predicted molar refractivity (Wildman–Crippen MR) is 78.6 cm³/mol. The molecule has 0 radical (unpaired) electrons. The number of aromatic nitrogens is 3. The first-order valence-electron chi connectivity index (χ1n) is 7.74. The fraction of sp³-hybridized carbons (Fsp3) is 0.800. The average molecular weight is 278 g/mol. The number of carbonyl (C=O) groups excluding carboxylic acids is 1. The van der Waals surface area contributed by atoms with E-state index >= 15 is 0 Å². The summed E-state index contributed by atoms with van der Waals surface area (Å²) in [7, 11) is 1.90. The molecule has 1 amide bonds. The van der Waals surface area contributed by atoms with Crippen LogP contribution in [0.15, 0.2) is 0 Å². The standard InChI is InChI=1S/C15H26N4O/c1-5-10-18(4)15(20)12-8-6-7-9-13-16-17-14(11(2)3)19(12)13/h11-12H,5-10H2,1-4H3. The van der Waals surface area contributed by atoms with Crippen molar-refractivity contribution in [3.8, 4) is 0 Å². The zero-order valence-corrected chi connectivity index (χ0v) is 13.1. The van der Waals surface area contributed by atoms with Gasteiger partial charge in [-0.2, -0.15) is 0 Å².